The van der Waals surface area contributed by atoms with Gasteiger partial charge in [0.05, 0.1) is 24.2 Å². The highest BCUT2D eigenvalue weighted by Crippen LogP contribution is 2.23. The predicted octanol–water partition coefficient (Wildman–Crippen LogP) is 1.76. The Balaban J connectivity index is 2.00. The standard InChI is InChI=1S/C13H19N3O2S/c1-2-18-10-3-4-11-12(7-10)16-13(15-11)19-6-5-9(14)8-17/h3-4,7,9,17H,2,5-6,8,14H2,1H3,(H,15,16). The topological polar surface area (TPSA) is 84.2 Å². The van der Waals surface area contributed by atoms with E-state index in [1.165, 1.54) is 0 Å². The average molecular weight is 281 g/mol. The monoisotopic (exact) mass is 281 g/mol. The molecule has 0 saturated carbocycles. The van der Waals surface area contributed by atoms with Gasteiger partial charge in [0.25, 0.3) is 0 Å². The highest BCUT2D eigenvalue weighted by Gasteiger charge is 2.06. The van der Waals surface area contributed by atoms with Crippen molar-refractivity contribution in [2.45, 2.75) is 24.5 Å². The Hall–Kier alpha value is -1.24. The minimum absolute atomic E-state index is 0.0262. The number of hydrogen-bond acceptors (Lipinski definition) is 5. The van der Waals surface area contributed by atoms with Gasteiger partial charge >= 0.3 is 0 Å². The van der Waals surface area contributed by atoms with Gasteiger partial charge in [-0.2, -0.15) is 0 Å². The molecule has 4 N–H and O–H groups in total. The lowest BCUT2D eigenvalue weighted by molar-refractivity contribution is 0.264. The van der Waals surface area contributed by atoms with E-state index in [-0.39, 0.29) is 12.6 Å². The lowest BCUT2D eigenvalue weighted by Crippen LogP contribution is -2.24. The third-order valence-electron chi connectivity index (χ3n) is 2.70. The van der Waals surface area contributed by atoms with E-state index in [0.29, 0.717) is 6.61 Å². The quantitative estimate of drug-likeness (QED) is 0.674. The van der Waals surface area contributed by atoms with Crippen LogP contribution in [0.3, 0.4) is 0 Å². The van der Waals surface area contributed by atoms with Crippen LogP contribution in [0.25, 0.3) is 11.0 Å². The van der Waals surface area contributed by atoms with E-state index in [2.05, 4.69) is 9.97 Å². The molecule has 0 bridgehead atoms. The summed E-state index contributed by atoms with van der Waals surface area (Å²) < 4.78 is 5.45. The van der Waals surface area contributed by atoms with Crippen LogP contribution in [0.5, 0.6) is 5.75 Å². The fourth-order valence-electron chi connectivity index (χ4n) is 1.69. The number of imidazole rings is 1. The molecule has 2 rings (SSSR count). The molecule has 0 saturated heterocycles. The smallest absolute Gasteiger partial charge is 0.166 e. The van der Waals surface area contributed by atoms with Crippen molar-refractivity contribution in [3.05, 3.63) is 18.2 Å². The zero-order chi connectivity index (χ0) is 13.7. The number of nitrogens with zero attached hydrogens (tertiary/aromatic N) is 1. The molecule has 19 heavy (non-hydrogen) atoms. The van der Waals surface area contributed by atoms with Crippen molar-refractivity contribution in [1.82, 2.24) is 9.97 Å². The molecule has 0 radical (unpaired) electrons. The lowest BCUT2D eigenvalue weighted by atomic mass is 10.3. The molecule has 6 heteroatoms. The van der Waals surface area contributed by atoms with Crippen LogP contribution in [-0.4, -0.2) is 40.1 Å². The molecule has 0 spiro atoms. The van der Waals surface area contributed by atoms with Crippen LogP contribution in [0.2, 0.25) is 0 Å². The summed E-state index contributed by atoms with van der Waals surface area (Å²) in [6, 6.07) is 5.67. The number of ether oxygens (including phenoxy) is 1. The Morgan fingerprint density at radius 3 is 3.11 bits per heavy atom. The Kier molecular flexibility index (Phi) is 5.07. The fourth-order valence-corrected chi connectivity index (χ4v) is 2.65. The van der Waals surface area contributed by atoms with Crippen LogP contribution in [0.4, 0.5) is 0 Å². The SMILES string of the molecule is CCOc1ccc2nc(SCCC(N)CO)[nH]c2c1. The number of thioether (sulfide) groups is 1. The number of rotatable bonds is 7. The first-order valence-electron chi connectivity index (χ1n) is 6.34. The summed E-state index contributed by atoms with van der Waals surface area (Å²) in [6.45, 7) is 2.64. The summed E-state index contributed by atoms with van der Waals surface area (Å²) in [6.07, 6.45) is 0.766. The van der Waals surface area contributed by atoms with Gasteiger partial charge in [0.1, 0.15) is 5.75 Å². The fraction of sp³-hybridized carbons (Fsp3) is 0.462. The minimum Gasteiger partial charge on any atom is -0.494 e. The zero-order valence-electron chi connectivity index (χ0n) is 10.9. The van der Waals surface area contributed by atoms with E-state index in [1.807, 2.05) is 25.1 Å². The van der Waals surface area contributed by atoms with Crippen molar-refractivity contribution in [1.29, 1.82) is 0 Å². The van der Waals surface area contributed by atoms with Crippen LogP contribution in [0.1, 0.15) is 13.3 Å². The molecule has 0 aliphatic heterocycles. The number of nitrogens with one attached hydrogen (secondary N) is 1. The Morgan fingerprint density at radius 2 is 2.37 bits per heavy atom. The van der Waals surface area contributed by atoms with Crippen LogP contribution in [0.15, 0.2) is 23.4 Å². The summed E-state index contributed by atoms with van der Waals surface area (Å²) >= 11 is 1.61. The molecule has 1 aromatic heterocycles. The number of aromatic amines is 1. The molecule has 0 aliphatic carbocycles. The van der Waals surface area contributed by atoms with Gasteiger partial charge in [-0.15, -0.1) is 0 Å². The molecule has 2 aromatic rings. The third kappa shape index (κ3) is 3.86. The number of nitrogens with two attached hydrogens (primary N) is 1. The molecule has 1 aromatic carbocycles. The van der Waals surface area contributed by atoms with Crippen LogP contribution in [0, 0.1) is 0 Å². The van der Waals surface area contributed by atoms with Crippen molar-refractivity contribution in [2.75, 3.05) is 19.0 Å². The summed E-state index contributed by atoms with van der Waals surface area (Å²) in [4.78, 5) is 7.74. The first-order chi connectivity index (χ1) is 9.22. The second kappa shape index (κ2) is 6.79. The summed E-state index contributed by atoms with van der Waals surface area (Å²) in [5.41, 5.74) is 7.56. The van der Waals surface area contributed by atoms with E-state index in [4.69, 9.17) is 15.6 Å². The van der Waals surface area contributed by atoms with Gasteiger partial charge in [0, 0.05) is 17.9 Å². The van der Waals surface area contributed by atoms with E-state index < -0.39 is 0 Å². The summed E-state index contributed by atoms with van der Waals surface area (Å²) in [5.74, 6) is 1.68. The van der Waals surface area contributed by atoms with Gasteiger partial charge in [-0.3, -0.25) is 0 Å². The number of aliphatic hydroxyl groups excluding tert-OH is 1. The number of aromatic nitrogens is 2. The number of aliphatic hydroxyl groups is 1. The first-order valence-corrected chi connectivity index (χ1v) is 7.33. The molecule has 1 unspecified atom stereocenters. The molecule has 0 aliphatic rings. The Labute approximate surface area is 116 Å². The molecule has 1 heterocycles. The number of fused-ring (bicyclic) bond motifs is 1. The van der Waals surface area contributed by atoms with E-state index in [0.717, 1.165) is 34.1 Å². The second-order valence-electron chi connectivity index (χ2n) is 4.23. The maximum absolute atomic E-state index is 8.86. The molecular weight excluding hydrogens is 262 g/mol. The van der Waals surface area contributed by atoms with Crippen molar-refractivity contribution >= 4 is 22.8 Å². The largest absolute Gasteiger partial charge is 0.494 e. The zero-order valence-corrected chi connectivity index (χ0v) is 11.7. The maximum Gasteiger partial charge on any atom is 0.166 e. The molecule has 5 nitrogen and oxygen atoms in total. The molecule has 1 atom stereocenters. The minimum atomic E-state index is -0.151. The highest BCUT2D eigenvalue weighted by molar-refractivity contribution is 7.99. The van der Waals surface area contributed by atoms with Gasteiger partial charge in [-0.05, 0) is 25.5 Å². The van der Waals surface area contributed by atoms with Crippen LogP contribution in [-0.2, 0) is 0 Å². The molecule has 0 amide bonds. The van der Waals surface area contributed by atoms with Crippen molar-refractivity contribution in [2.24, 2.45) is 5.73 Å². The van der Waals surface area contributed by atoms with Crippen molar-refractivity contribution < 1.29 is 9.84 Å². The van der Waals surface area contributed by atoms with Gasteiger partial charge in [-0.25, -0.2) is 4.98 Å². The number of benzene rings is 1. The molecule has 104 valence electrons. The summed E-state index contributed by atoms with van der Waals surface area (Å²) in [7, 11) is 0. The molecular formula is C13H19N3O2S. The van der Waals surface area contributed by atoms with Gasteiger partial charge in [0.15, 0.2) is 5.16 Å². The summed E-state index contributed by atoms with van der Waals surface area (Å²) in [5, 5.41) is 9.73. The van der Waals surface area contributed by atoms with Crippen LogP contribution < -0.4 is 10.5 Å². The average Bonchev–Trinajstić information content (AvgIpc) is 2.80. The third-order valence-corrected chi connectivity index (χ3v) is 3.61. The van der Waals surface area contributed by atoms with Crippen molar-refractivity contribution in [3.8, 4) is 5.75 Å². The predicted molar refractivity (Wildman–Crippen MR) is 77.7 cm³/mol. The van der Waals surface area contributed by atoms with Gasteiger partial charge in [-0.1, -0.05) is 11.8 Å². The Morgan fingerprint density at radius 1 is 1.53 bits per heavy atom. The molecule has 0 fully saturated rings. The van der Waals surface area contributed by atoms with E-state index in [1.54, 1.807) is 11.8 Å². The first kappa shape index (κ1) is 14.2. The van der Waals surface area contributed by atoms with Gasteiger partial charge < -0.3 is 20.6 Å². The lowest BCUT2D eigenvalue weighted by Gasteiger charge is -2.05. The van der Waals surface area contributed by atoms with Crippen molar-refractivity contribution in [3.63, 3.8) is 0 Å². The number of H-pyrrole nitrogens is 1. The number of hydrogen-bond donors (Lipinski definition) is 3. The van der Waals surface area contributed by atoms with E-state index in [9.17, 15) is 0 Å². The van der Waals surface area contributed by atoms with E-state index >= 15 is 0 Å². The normalized spacial score (nSPS) is 12.8. The van der Waals surface area contributed by atoms with Crippen LogP contribution >= 0.6 is 11.8 Å². The Bertz CT molecular complexity index is 530. The highest BCUT2D eigenvalue weighted by atomic mass is 32.2. The van der Waals surface area contributed by atoms with Gasteiger partial charge in [0.2, 0.25) is 0 Å². The second-order valence-corrected chi connectivity index (χ2v) is 5.32. The maximum atomic E-state index is 8.86.